The van der Waals surface area contributed by atoms with E-state index in [0.29, 0.717) is 6.04 Å². The quantitative estimate of drug-likeness (QED) is 0.946. The molecule has 2 aliphatic heterocycles. The number of hydrogen-bond donors (Lipinski definition) is 1. The lowest BCUT2D eigenvalue weighted by molar-refractivity contribution is 0.247. The summed E-state index contributed by atoms with van der Waals surface area (Å²) >= 11 is 1.68. The van der Waals surface area contributed by atoms with Crippen molar-refractivity contribution in [3.63, 3.8) is 0 Å². The third-order valence-electron chi connectivity index (χ3n) is 4.61. The maximum Gasteiger partial charge on any atom is 0.236 e. The van der Waals surface area contributed by atoms with Gasteiger partial charge in [-0.15, -0.1) is 11.3 Å². The van der Waals surface area contributed by atoms with E-state index in [0.717, 1.165) is 47.9 Å². The molecule has 5 heteroatoms. The molecule has 0 aromatic carbocycles. The van der Waals surface area contributed by atoms with Crippen LogP contribution in [-0.4, -0.2) is 35.1 Å². The van der Waals surface area contributed by atoms with Gasteiger partial charge in [-0.2, -0.15) is 0 Å². The van der Waals surface area contributed by atoms with Gasteiger partial charge in [-0.1, -0.05) is 6.07 Å². The number of oxazole rings is 1. The van der Waals surface area contributed by atoms with Gasteiger partial charge >= 0.3 is 0 Å². The van der Waals surface area contributed by atoms with Crippen LogP contribution in [0.4, 0.5) is 0 Å². The Bertz CT molecular complexity index is 607. The third-order valence-corrected chi connectivity index (χ3v) is 5.46. The van der Waals surface area contributed by atoms with E-state index < -0.39 is 0 Å². The van der Waals surface area contributed by atoms with Gasteiger partial charge in [-0.05, 0) is 37.6 Å². The Morgan fingerprint density at radius 1 is 1.38 bits per heavy atom. The minimum atomic E-state index is 0.668. The van der Waals surface area contributed by atoms with Crippen LogP contribution in [0.3, 0.4) is 0 Å². The van der Waals surface area contributed by atoms with Gasteiger partial charge in [0.1, 0.15) is 5.76 Å². The summed E-state index contributed by atoms with van der Waals surface area (Å²) in [7, 11) is 0. The topological polar surface area (TPSA) is 41.3 Å². The lowest BCUT2D eigenvalue weighted by Gasteiger charge is -2.22. The fraction of sp³-hybridized carbons (Fsp3) is 0.562. The van der Waals surface area contributed by atoms with E-state index in [1.54, 1.807) is 11.3 Å². The molecule has 2 aliphatic rings. The first-order valence-corrected chi connectivity index (χ1v) is 8.64. The van der Waals surface area contributed by atoms with E-state index in [-0.39, 0.29) is 0 Å². The van der Waals surface area contributed by atoms with Crippen molar-refractivity contribution in [3.05, 3.63) is 29.0 Å². The molecule has 4 rings (SSSR count). The molecule has 2 atom stereocenters. The van der Waals surface area contributed by atoms with Gasteiger partial charge in [0.15, 0.2) is 0 Å². The molecular formula is C16H21N3OS. The summed E-state index contributed by atoms with van der Waals surface area (Å²) in [6.07, 6.45) is 3.93. The van der Waals surface area contributed by atoms with Crippen molar-refractivity contribution in [1.82, 2.24) is 15.2 Å². The molecule has 4 heterocycles. The van der Waals surface area contributed by atoms with E-state index >= 15 is 0 Å². The second-order valence-corrected chi connectivity index (χ2v) is 7.11. The van der Waals surface area contributed by atoms with Crippen LogP contribution in [0.2, 0.25) is 0 Å². The molecule has 1 N–H and O–H groups in total. The zero-order valence-electron chi connectivity index (χ0n) is 12.3. The number of thiophene rings is 1. The molecule has 21 heavy (non-hydrogen) atoms. The monoisotopic (exact) mass is 303 g/mol. The Labute approximate surface area is 129 Å². The summed E-state index contributed by atoms with van der Waals surface area (Å²) in [5.41, 5.74) is 1.09. The Morgan fingerprint density at radius 2 is 2.29 bits per heavy atom. The van der Waals surface area contributed by atoms with Gasteiger partial charge in [-0.25, -0.2) is 4.98 Å². The first-order chi connectivity index (χ1) is 10.3. The predicted octanol–water partition coefficient (Wildman–Crippen LogP) is 3.04. The van der Waals surface area contributed by atoms with Crippen LogP contribution in [-0.2, 0) is 6.54 Å². The minimum absolute atomic E-state index is 0.668. The van der Waals surface area contributed by atoms with Crippen molar-refractivity contribution in [2.75, 3.05) is 13.1 Å². The number of nitrogens with zero attached hydrogens (tertiary/aromatic N) is 2. The van der Waals surface area contributed by atoms with Crippen molar-refractivity contribution < 1.29 is 4.42 Å². The van der Waals surface area contributed by atoms with Gasteiger partial charge < -0.3 is 9.73 Å². The highest BCUT2D eigenvalue weighted by Gasteiger charge is 2.29. The molecule has 112 valence electrons. The number of likely N-dealkylation sites (tertiary alicyclic amines) is 1. The molecule has 0 radical (unpaired) electrons. The normalized spacial score (nSPS) is 26.1. The van der Waals surface area contributed by atoms with E-state index in [1.807, 2.05) is 13.0 Å². The first kappa shape index (κ1) is 13.5. The number of aromatic nitrogens is 1. The highest BCUT2D eigenvalue weighted by atomic mass is 32.1. The Balaban J connectivity index is 1.49. The number of aryl methyl sites for hydroxylation is 1. The van der Waals surface area contributed by atoms with E-state index in [1.165, 1.54) is 19.3 Å². The summed E-state index contributed by atoms with van der Waals surface area (Å²) < 4.78 is 5.85. The number of rotatable bonds is 3. The summed E-state index contributed by atoms with van der Waals surface area (Å²) in [4.78, 5) is 8.36. The summed E-state index contributed by atoms with van der Waals surface area (Å²) in [5, 5.41) is 5.79. The second kappa shape index (κ2) is 5.55. The van der Waals surface area contributed by atoms with Crippen LogP contribution in [0, 0.1) is 6.92 Å². The fourth-order valence-electron chi connectivity index (χ4n) is 3.45. The number of fused-ring (bicyclic) bond motifs is 2. The van der Waals surface area contributed by atoms with Crippen molar-refractivity contribution in [1.29, 1.82) is 0 Å². The molecule has 4 nitrogen and oxygen atoms in total. The van der Waals surface area contributed by atoms with Crippen LogP contribution in [0.25, 0.3) is 10.8 Å². The zero-order chi connectivity index (χ0) is 14.2. The predicted molar refractivity (Wildman–Crippen MR) is 84.4 cm³/mol. The Hall–Kier alpha value is -1.17. The second-order valence-electron chi connectivity index (χ2n) is 6.16. The van der Waals surface area contributed by atoms with Gasteiger partial charge in [0.2, 0.25) is 5.89 Å². The lowest BCUT2D eigenvalue weighted by Crippen LogP contribution is -2.35. The smallest absolute Gasteiger partial charge is 0.236 e. The molecule has 0 saturated carbocycles. The number of hydrogen-bond acceptors (Lipinski definition) is 5. The maximum absolute atomic E-state index is 5.85. The fourth-order valence-corrected chi connectivity index (χ4v) is 4.10. The first-order valence-electron chi connectivity index (χ1n) is 7.76. The summed E-state index contributed by atoms with van der Waals surface area (Å²) in [6, 6.07) is 5.51. The summed E-state index contributed by atoms with van der Waals surface area (Å²) in [5.74, 6) is 1.73. The lowest BCUT2D eigenvalue weighted by atomic mass is 10.1. The van der Waals surface area contributed by atoms with E-state index in [4.69, 9.17) is 9.40 Å². The van der Waals surface area contributed by atoms with Gasteiger partial charge in [0.25, 0.3) is 0 Å². The largest absolute Gasteiger partial charge is 0.440 e. The third kappa shape index (κ3) is 2.78. The van der Waals surface area contributed by atoms with Crippen molar-refractivity contribution in [2.45, 2.75) is 44.8 Å². The maximum atomic E-state index is 5.85. The van der Waals surface area contributed by atoms with Crippen LogP contribution in [0.1, 0.15) is 30.7 Å². The molecule has 2 aromatic heterocycles. The summed E-state index contributed by atoms with van der Waals surface area (Å²) in [6.45, 7) is 5.24. The SMILES string of the molecule is Cc1oc(-c2cccs2)nc1CN1CCC2CCC(C1)N2. The Kier molecular flexibility index (Phi) is 3.57. The molecule has 2 unspecified atom stereocenters. The standard InChI is InChI=1S/C16H21N3OS/c1-11-14(18-16(20-11)15-3-2-8-21-15)10-19-7-6-12-4-5-13(9-19)17-12/h2-3,8,12-13,17H,4-7,9-10H2,1H3. The van der Waals surface area contributed by atoms with Crippen LogP contribution in [0.15, 0.2) is 21.9 Å². The van der Waals surface area contributed by atoms with Gasteiger partial charge in [-0.3, -0.25) is 4.90 Å². The average Bonchev–Trinajstić information content (AvgIpc) is 3.14. The number of nitrogens with one attached hydrogen (secondary N) is 1. The van der Waals surface area contributed by atoms with Crippen molar-refractivity contribution >= 4 is 11.3 Å². The molecular weight excluding hydrogens is 282 g/mol. The molecule has 0 amide bonds. The molecule has 2 saturated heterocycles. The van der Waals surface area contributed by atoms with Crippen LogP contribution in [0.5, 0.6) is 0 Å². The highest BCUT2D eigenvalue weighted by molar-refractivity contribution is 7.13. The van der Waals surface area contributed by atoms with Gasteiger partial charge in [0.05, 0.1) is 10.6 Å². The van der Waals surface area contributed by atoms with Crippen molar-refractivity contribution in [2.24, 2.45) is 0 Å². The molecule has 2 bridgehead atoms. The van der Waals surface area contributed by atoms with Crippen LogP contribution >= 0.6 is 11.3 Å². The molecule has 2 aromatic rings. The van der Waals surface area contributed by atoms with Crippen molar-refractivity contribution in [3.8, 4) is 10.8 Å². The highest BCUT2D eigenvalue weighted by Crippen LogP contribution is 2.27. The Morgan fingerprint density at radius 3 is 3.14 bits per heavy atom. The van der Waals surface area contributed by atoms with E-state index in [2.05, 4.69) is 21.7 Å². The molecule has 0 aliphatic carbocycles. The minimum Gasteiger partial charge on any atom is -0.440 e. The van der Waals surface area contributed by atoms with Crippen LogP contribution < -0.4 is 5.32 Å². The average molecular weight is 303 g/mol. The zero-order valence-corrected chi connectivity index (χ0v) is 13.2. The van der Waals surface area contributed by atoms with Gasteiger partial charge in [0, 0.05) is 31.7 Å². The van der Waals surface area contributed by atoms with E-state index in [9.17, 15) is 0 Å². The molecule has 2 fully saturated rings. The molecule has 0 spiro atoms.